The molecule has 4 nitrogen and oxygen atoms in total. The molecule has 0 bridgehead atoms. The Morgan fingerprint density at radius 1 is 0.756 bits per heavy atom. The van der Waals surface area contributed by atoms with Crippen molar-refractivity contribution >= 4 is 33.1 Å². The molecular formula is C41H41N3O. The van der Waals surface area contributed by atoms with E-state index in [0.29, 0.717) is 11.3 Å². The lowest BCUT2D eigenvalue weighted by atomic mass is 9.81. The van der Waals surface area contributed by atoms with Gasteiger partial charge in [0.15, 0.2) is 0 Å². The van der Waals surface area contributed by atoms with Gasteiger partial charge >= 0.3 is 0 Å². The molecule has 0 N–H and O–H groups in total. The number of rotatable bonds is 5. The molecule has 45 heavy (non-hydrogen) atoms. The van der Waals surface area contributed by atoms with Crippen molar-refractivity contribution in [3.63, 3.8) is 0 Å². The molecule has 0 aliphatic carbocycles. The molecule has 4 heteroatoms. The topological polar surface area (TPSA) is 43.9 Å². The normalized spacial score (nSPS) is 13.7. The summed E-state index contributed by atoms with van der Waals surface area (Å²) < 4.78 is 32.1. The zero-order valence-corrected chi connectivity index (χ0v) is 27.1. The van der Waals surface area contributed by atoms with E-state index >= 15 is 0 Å². The maximum atomic E-state index is 7.71. The molecule has 3 aromatic heterocycles. The monoisotopic (exact) mass is 594 g/mol. The third-order valence-electron chi connectivity index (χ3n) is 8.85. The van der Waals surface area contributed by atoms with Crippen molar-refractivity contribution in [2.45, 2.75) is 72.6 Å². The summed E-state index contributed by atoms with van der Waals surface area (Å²) in [4.78, 5) is 10.2. The van der Waals surface area contributed by atoms with Crippen molar-refractivity contribution < 1.29 is 8.53 Å². The number of benzene rings is 4. The highest BCUT2D eigenvalue weighted by molar-refractivity contribution is 6.09. The maximum Gasteiger partial charge on any atom is 0.227 e. The van der Waals surface area contributed by atoms with Crippen LogP contribution in [0.5, 0.6) is 0 Å². The average molecular weight is 595 g/mol. The quantitative estimate of drug-likeness (QED) is 0.199. The van der Waals surface area contributed by atoms with Gasteiger partial charge in [0.1, 0.15) is 11.4 Å². The molecular weight excluding hydrogens is 550 g/mol. The van der Waals surface area contributed by atoms with Gasteiger partial charge in [0.05, 0.1) is 28.0 Å². The highest BCUT2D eigenvalue weighted by atomic mass is 16.3. The standard InChI is InChI=1S/C41H41N3O/c1-24(2)32-22-28(41(6,7)8)23-33(25(3)4)37(32)44-36-15-10-9-14-35(36)42-39(44)31-13-11-12-29-30-20-21-34(43-40(30)45-38(29)31)27-18-16-26(5)17-19-27/h9-25H,1-8H3/i5D3. The first-order chi connectivity index (χ1) is 22.7. The number of pyridine rings is 1. The molecule has 4 aromatic carbocycles. The molecule has 0 spiro atoms. The minimum Gasteiger partial charge on any atom is -0.437 e. The summed E-state index contributed by atoms with van der Waals surface area (Å²) in [6, 6.07) is 30.2. The van der Waals surface area contributed by atoms with Crippen LogP contribution >= 0.6 is 0 Å². The fourth-order valence-electron chi connectivity index (χ4n) is 6.34. The van der Waals surface area contributed by atoms with Crippen LogP contribution in [0.2, 0.25) is 0 Å². The molecule has 7 rings (SSSR count). The van der Waals surface area contributed by atoms with E-state index in [9.17, 15) is 0 Å². The second-order valence-electron chi connectivity index (χ2n) is 13.7. The van der Waals surface area contributed by atoms with Crippen LogP contribution in [0.3, 0.4) is 0 Å². The lowest BCUT2D eigenvalue weighted by Crippen LogP contribution is -2.16. The van der Waals surface area contributed by atoms with E-state index in [-0.39, 0.29) is 17.3 Å². The molecule has 0 saturated heterocycles. The lowest BCUT2D eigenvalue weighted by Gasteiger charge is -2.28. The Hall–Kier alpha value is -4.70. The largest absolute Gasteiger partial charge is 0.437 e. The van der Waals surface area contributed by atoms with Crippen molar-refractivity contribution in [2.75, 3.05) is 0 Å². The zero-order chi connectivity index (χ0) is 34.1. The molecule has 3 heterocycles. The summed E-state index contributed by atoms with van der Waals surface area (Å²) in [7, 11) is 0. The van der Waals surface area contributed by atoms with Crippen LogP contribution in [0.4, 0.5) is 0 Å². The van der Waals surface area contributed by atoms with Crippen molar-refractivity contribution in [3.8, 4) is 28.3 Å². The predicted octanol–water partition coefficient (Wildman–Crippen LogP) is 11.5. The van der Waals surface area contributed by atoms with Crippen molar-refractivity contribution in [1.82, 2.24) is 14.5 Å². The Labute approximate surface area is 270 Å². The minimum atomic E-state index is -2.15. The maximum absolute atomic E-state index is 7.71. The number of aryl methyl sites for hydroxylation is 1. The molecule has 226 valence electrons. The Balaban J connectivity index is 1.48. The number of fused-ring (bicyclic) bond motifs is 4. The molecule has 0 saturated carbocycles. The predicted molar refractivity (Wildman–Crippen MR) is 189 cm³/mol. The van der Waals surface area contributed by atoms with Gasteiger partial charge in [0.25, 0.3) is 0 Å². The van der Waals surface area contributed by atoms with E-state index in [4.69, 9.17) is 18.5 Å². The second kappa shape index (κ2) is 10.7. The number of nitrogens with zero attached hydrogens (tertiary/aromatic N) is 3. The van der Waals surface area contributed by atoms with Gasteiger partial charge in [-0.25, -0.2) is 9.97 Å². The molecule has 0 radical (unpaired) electrons. The smallest absolute Gasteiger partial charge is 0.227 e. The third kappa shape index (κ3) is 4.93. The minimum absolute atomic E-state index is 0.00880. The van der Waals surface area contributed by atoms with Gasteiger partial charge in [0.2, 0.25) is 5.71 Å². The van der Waals surface area contributed by atoms with Gasteiger partial charge in [0, 0.05) is 20.4 Å². The van der Waals surface area contributed by atoms with E-state index in [2.05, 4.69) is 102 Å². The van der Waals surface area contributed by atoms with Crippen LogP contribution in [0.25, 0.3) is 61.4 Å². The van der Waals surface area contributed by atoms with E-state index in [1.165, 1.54) is 22.4 Å². The number of furan rings is 1. The van der Waals surface area contributed by atoms with Gasteiger partial charge < -0.3 is 4.42 Å². The van der Waals surface area contributed by atoms with Gasteiger partial charge in [-0.1, -0.05) is 115 Å². The molecule has 0 aliphatic heterocycles. The second-order valence-corrected chi connectivity index (χ2v) is 13.7. The fraction of sp³-hybridized carbons (Fsp3) is 0.268. The Bertz CT molecular complexity index is 2290. The number of hydrogen-bond donors (Lipinski definition) is 0. The first-order valence-electron chi connectivity index (χ1n) is 17.3. The zero-order valence-electron chi connectivity index (χ0n) is 30.1. The van der Waals surface area contributed by atoms with Gasteiger partial charge in [-0.2, -0.15) is 0 Å². The summed E-state index contributed by atoms with van der Waals surface area (Å²) in [5, 5.41) is 1.88. The SMILES string of the molecule is [2H]C([2H])([2H])c1ccc(-c2ccc3c(n2)oc2c(-c4nc5ccccc5n4-c4c(C(C)C)cc(C(C)(C)C)cc4C(C)C)cccc23)cc1. The Morgan fingerprint density at radius 2 is 1.47 bits per heavy atom. The fourth-order valence-corrected chi connectivity index (χ4v) is 6.34. The van der Waals surface area contributed by atoms with Gasteiger partial charge in [-0.05, 0) is 71.1 Å². The van der Waals surface area contributed by atoms with Gasteiger partial charge in [-0.3, -0.25) is 4.57 Å². The molecule has 0 atom stereocenters. The summed E-state index contributed by atoms with van der Waals surface area (Å²) in [5.41, 5.74) is 11.1. The first-order valence-corrected chi connectivity index (χ1v) is 15.8. The molecule has 0 fully saturated rings. The summed E-state index contributed by atoms with van der Waals surface area (Å²) in [5.74, 6) is 1.40. The highest BCUT2D eigenvalue weighted by Gasteiger charge is 2.27. The van der Waals surface area contributed by atoms with E-state index in [1.54, 1.807) is 24.3 Å². The Morgan fingerprint density at radius 3 is 2.13 bits per heavy atom. The summed E-state index contributed by atoms with van der Waals surface area (Å²) in [6.07, 6.45) is 0. The van der Waals surface area contributed by atoms with Crippen LogP contribution in [0, 0.1) is 6.85 Å². The van der Waals surface area contributed by atoms with E-state index in [1.807, 2.05) is 18.2 Å². The number of imidazole rings is 1. The first kappa shape index (κ1) is 25.6. The number of para-hydroxylation sites is 3. The van der Waals surface area contributed by atoms with E-state index in [0.717, 1.165) is 50.0 Å². The number of hydrogen-bond acceptors (Lipinski definition) is 3. The molecule has 0 unspecified atom stereocenters. The van der Waals surface area contributed by atoms with Crippen molar-refractivity contribution in [3.05, 3.63) is 113 Å². The van der Waals surface area contributed by atoms with Crippen LogP contribution in [0.1, 0.15) is 86.7 Å². The van der Waals surface area contributed by atoms with Crippen LogP contribution in [-0.4, -0.2) is 14.5 Å². The van der Waals surface area contributed by atoms with Gasteiger partial charge in [-0.15, -0.1) is 0 Å². The average Bonchev–Trinajstić information content (AvgIpc) is 3.61. The van der Waals surface area contributed by atoms with Crippen LogP contribution in [0.15, 0.2) is 95.4 Å². The summed E-state index contributed by atoms with van der Waals surface area (Å²) >= 11 is 0. The highest BCUT2D eigenvalue weighted by Crippen LogP contribution is 2.42. The third-order valence-corrected chi connectivity index (χ3v) is 8.85. The van der Waals surface area contributed by atoms with Crippen LogP contribution < -0.4 is 0 Å². The van der Waals surface area contributed by atoms with Crippen molar-refractivity contribution in [2.24, 2.45) is 0 Å². The molecule has 7 aromatic rings. The van der Waals surface area contributed by atoms with Crippen molar-refractivity contribution in [1.29, 1.82) is 0 Å². The van der Waals surface area contributed by atoms with E-state index < -0.39 is 6.85 Å². The number of aromatic nitrogens is 3. The summed E-state index contributed by atoms with van der Waals surface area (Å²) in [6.45, 7) is 13.8. The van der Waals surface area contributed by atoms with Crippen LogP contribution in [-0.2, 0) is 5.41 Å². The molecule has 0 amide bonds. The Kier molecular flexibility index (Phi) is 6.11. The molecule has 0 aliphatic rings. The lowest BCUT2D eigenvalue weighted by molar-refractivity contribution is 0.586.